The first-order chi connectivity index (χ1) is 4.22. The molecule has 9 heavy (non-hydrogen) atoms. The zero-order chi connectivity index (χ0) is 7.28. The minimum absolute atomic E-state index is 0.458. The van der Waals surface area contributed by atoms with Gasteiger partial charge < -0.3 is 5.11 Å². The lowest BCUT2D eigenvalue weighted by Crippen LogP contribution is -2.29. The van der Waals surface area contributed by atoms with Crippen molar-refractivity contribution in [2.75, 3.05) is 6.54 Å². The molecule has 0 fully saturated rings. The molecule has 0 amide bonds. The van der Waals surface area contributed by atoms with Gasteiger partial charge in [0.15, 0.2) is 0 Å². The molecule has 0 spiro atoms. The molecule has 0 aromatic heterocycles. The average Bonchev–Trinajstić information content (AvgIpc) is 1.87. The molecule has 2 heteroatoms. The summed E-state index contributed by atoms with van der Waals surface area (Å²) in [4.78, 5) is 0. The van der Waals surface area contributed by atoms with Gasteiger partial charge in [-0.3, -0.25) is 5.32 Å². The largest absolute Gasteiger partial charge is 0.375 e. The highest BCUT2D eigenvalue weighted by Gasteiger charge is 1.99. The summed E-state index contributed by atoms with van der Waals surface area (Å²) in [6, 6.07) is 0. The molecule has 1 atom stereocenters. The van der Waals surface area contributed by atoms with Crippen LogP contribution in [-0.4, -0.2) is 17.9 Å². The number of allylic oxidation sites excluding steroid dienone is 1. The van der Waals surface area contributed by atoms with Crippen molar-refractivity contribution in [1.29, 1.82) is 0 Å². The van der Waals surface area contributed by atoms with Gasteiger partial charge in [-0.2, -0.15) is 0 Å². The van der Waals surface area contributed by atoms with E-state index < -0.39 is 6.23 Å². The summed E-state index contributed by atoms with van der Waals surface area (Å²) < 4.78 is 0. The molecule has 0 rings (SSSR count). The van der Waals surface area contributed by atoms with Gasteiger partial charge in [0.1, 0.15) is 6.23 Å². The normalized spacial score (nSPS) is 15.8. The van der Waals surface area contributed by atoms with E-state index in [-0.39, 0.29) is 0 Å². The van der Waals surface area contributed by atoms with Gasteiger partial charge in [-0.1, -0.05) is 13.0 Å². The van der Waals surface area contributed by atoms with Crippen LogP contribution in [0.5, 0.6) is 0 Å². The van der Waals surface area contributed by atoms with Crippen LogP contribution in [0.4, 0.5) is 0 Å². The SMILES string of the molecule is CC=C(C)C(O)NCC. The third kappa shape index (κ3) is 3.27. The van der Waals surface area contributed by atoms with Crippen LogP contribution in [-0.2, 0) is 0 Å². The Balaban J connectivity index is 3.59. The Labute approximate surface area is 56.6 Å². The Morgan fingerprint density at radius 3 is 2.67 bits per heavy atom. The van der Waals surface area contributed by atoms with Crippen molar-refractivity contribution in [2.45, 2.75) is 27.0 Å². The summed E-state index contributed by atoms with van der Waals surface area (Å²) in [5, 5.41) is 12.0. The Bertz CT molecular complexity index is 99.1. The highest BCUT2D eigenvalue weighted by molar-refractivity contribution is 5.00. The number of aliphatic hydroxyl groups is 1. The Morgan fingerprint density at radius 1 is 1.78 bits per heavy atom. The van der Waals surface area contributed by atoms with Crippen molar-refractivity contribution in [2.24, 2.45) is 0 Å². The van der Waals surface area contributed by atoms with E-state index in [1.807, 2.05) is 26.8 Å². The van der Waals surface area contributed by atoms with Crippen LogP contribution in [0.3, 0.4) is 0 Å². The fourth-order valence-electron chi connectivity index (χ4n) is 0.512. The highest BCUT2D eigenvalue weighted by atomic mass is 16.3. The molecular formula is C7H15NO. The predicted octanol–water partition coefficient (Wildman–Crippen LogP) is 0.881. The maximum Gasteiger partial charge on any atom is 0.126 e. The Kier molecular flexibility index (Phi) is 4.36. The molecule has 0 aliphatic heterocycles. The standard InChI is InChI=1S/C7H15NO/c1-4-6(3)7(9)8-5-2/h4,7-9H,5H2,1-3H3. The zero-order valence-corrected chi connectivity index (χ0v) is 6.31. The smallest absolute Gasteiger partial charge is 0.126 e. The summed E-state index contributed by atoms with van der Waals surface area (Å²) >= 11 is 0. The van der Waals surface area contributed by atoms with Crippen LogP contribution in [0.2, 0.25) is 0 Å². The summed E-state index contributed by atoms with van der Waals surface area (Å²) in [6.07, 6.45) is 1.44. The molecule has 2 nitrogen and oxygen atoms in total. The molecule has 0 bridgehead atoms. The van der Waals surface area contributed by atoms with Crippen LogP contribution in [0.25, 0.3) is 0 Å². The third-order valence-corrected chi connectivity index (χ3v) is 1.28. The minimum Gasteiger partial charge on any atom is -0.375 e. The van der Waals surface area contributed by atoms with Gasteiger partial charge >= 0.3 is 0 Å². The fraction of sp³-hybridized carbons (Fsp3) is 0.714. The monoisotopic (exact) mass is 129 g/mol. The van der Waals surface area contributed by atoms with E-state index in [2.05, 4.69) is 5.32 Å². The predicted molar refractivity (Wildman–Crippen MR) is 39.1 cm³/mol. The van der Waals surface area contributed by atoms with Crippen molar-refractivity contribution in [3.8, 4) is 0 Å². The molecule has 54 valence electrons. The number of hydrogen-bond donors (Lipinski definition) is 2. The van der Waals surface area contributed by atoms with E-state index in [4.69, 9.17) is 5.11 Å². The molecule has 0 saturated carbocycles. The Hall–Kier alpha value is -0.340. The fourth-order valence-corrected chi connectivity index (χ4v) is 0.512. The van der Waals surface area contributed by atoms with Crippen molar-refractivity contribution in [3.05, 3.63) is 11.6 Å². The summed E-state index contributed by atoms with van der Waals surface area (Å²) in [7, 11) is 0. The van der Waals surface area contributed by atoms with Crippen LogP contribution in [0, 0.1) is 0 Å². The van der Waals surface area contributed by atoms with Crippen molar-refractivity contribution >= 4 is 0 Å². The second-order valence-electron chi connectivity index (χ2n) is 1.99. The molecule has 0 radical (unpaired) electrons. The van der Waals surface area contributed by atoms with Gasteiger partial charge in [0.2, 0.25) is 0 Å². The van der Waals surface area contributed by atoms with Crippen LogP contribution >= 0.6 is 0 Å². The average molecular weight is 129 g/mol. The first kappa shape index (κ1) is 8.66. The van der Waals surface area contributed by atoms with E-state index in [1.165, 1.54) is 0 Å². The molecular weight excluding hydrogens is 114 g/mol. The zero-order valence-electron chi connectivity index (χ0n) is 6.31. The quantitative estimate of drug-likeness (QED) is 0.438. The maximum absolute atomic E-state index is 9.14. The number of nitrogens with one attached hydrogen (secondary N) is 1. The molecule has 0 aliphatic rings. The topological polar surface area (TPSA) is 32.3 Å². The van der Waals surface area contributed by atoms with E-state index >= 15 is 0 Å². The van der Waals surface area contributed by atoms with Gasteiger partial charge in [0.05, 0.1) is 0 Å². The van der Waals surface area contributed by atoms with E-state index in [1.54, 1.807) is 0 Å². The van der Waals surface area contributed by atoms with Crippen LogP contribution in [0.15, 0.2) is 11.6 Å². The van der Waals surface area contributed by atoms with Crippen molar-refractivity contribution in [1.82, 2.24) is 5.32 Å². The first-order valence-electron chi connectivity index (χ1n) is 3.26. The maximum atomic E-state index is 9.14. The summed E-state index contributed by atoms with van der Waals surface area (Å²) in [5.74, 6) is 0. The molecule has 0 aromatic carbocycles. The van der Waals surface area contributed by atoms with Crippen molar-refractivity contribution in [3.63, 3.8) is 0 Å². The number of likely N-dealkylation sites (N-methyl/N-ethyl adjacent to an activating group) is 1. The van der Waals surface area contributed by atoms with Crippen LogP contribution in [0.1, 0.15) is 20.8 Å². The summed E-state index contributed by atoms with van der Waals surface area (Å²) in [5.41, 5.74) is 0.969. The van der Waals surface area contributed by atoms with Gasteiger partial charge in [-0.05, 0) is 26.0 Å². The van der Waals surface area contributed by atoms with Gasteiger partial charge in [-0.15, -0.1) is 0 Å². The second kappa shape index (κ2) is 4.53. The molecule has 0 saturated heterocycles. The lowest BCUT2D eigenvalue weighted by molar-refractivity contribution is 0.175. The molecule has 2 N–H and O–H groups in total. The Morgan fingerprint density at radius 2 is 2.33 bits per heavy atom. The lowest BCUT2D eigenvalue weighted by Gasteiger charge is -2.10. The first-order valence-corrected chi connectivity index (χ1v) is 3.26. The summed E-state index contributed by atoms with van der Waals surface area (Å²) in [6.45, 7) is 6.57. The van der Waals surface area contributed by atoms with E-state index in [0.717, 1.165) is 12.1 Å². The lowest BCUT2D eigenvalue weighted by atomic mass is 10.2. The highest BCUT2D eigenvalue weighted by Crippen LogP contribution is 1.95. The van der Waals surface area contributed by atoms with Gasteiger partial charge in [0, 0.05) is 0 Å². The van der Waals surface area contributed by atoms with Gasteiger partial charge in [0.25, 0.3) is 0 Å². The van der Waals surface area contributed by atoms with Gasteiger partial charge in [-0.25, -0.2) is 0 Å². The molecule has 0 aliphatic carbocycles. The number of hydrogen-bond acceptors (Lipinski definition) is 2. The second-order valence-corrected chi connectivity index (χ2v) is 1.99. The molecule has 1 unspecified atom stereocenters. The number of aliphatic hydroxyl groups excluding tert-OH is 1. The van der Waals surface area contributed by atoms with Crippen molar-refractivity contribution < 1.29 is 5.11 Å². The molecule has 0 aromatic rings. The van der Waals surface area contributed by atoms with E-state index in [9.17, 15) is 0 Å². The number of rotatable bonds is 3. The third-order valence-electron chi connectivity index (χ3n) is 1.28. The van der Waals surface area contributed by atoms with Crippen LogP contribution < -0.4 is 5.32 Å². The van der Waals surface area contributed by atoms with E-state index in [0.29, 0.717) is 0 Å². The molecule has 0 heterocycles. The minimum atomic E-state index is -0.458.